The molecule has 172 valence electrons. The van der Waals surface area contributed by atoms with Crippen molar-refractivity contribution in [3.8, 4) is 0 Å². The highest BCUT2D eigenvalue weighted by Gasteiger charge is 2.24. The van der Waals surface area contributed by atoms with Gasteiger partial charge in [-0.2, -0.15) is 5.10 Å². The van der Waals surface area contributed by atoms with Gasteiger partial charge >= 0.3 is 0 Å². The molecule has 3 N–H and O–H groups in total. The largest absolute Gasteiger partial charge is 0.354 e. The molecule has 4 heterocycles. The van der Waals surface area contributed by atoms with Gasteiger partial charge in [-0.1, -0.05) is 0 Å². The van der Waals surface area contributed by atoms with Crippen LogP contribution >= 0.6 is 0 Å². The number of amides is 2. The molecule has 33 heavy (non-hydrogen) atoms. The number of anilines is 4. The lowest BCUT2D eigenvalue weighted by Crippen LogP contribution is -2.45. The fourth-order valence-corrected chi connectivity index (χ4v) is 3.42. The zero-order valence-corrected chi connectivity index (χ0v) is 18.6. The Balaban J connectivity index is 1.67. The summed E-state index contributed by atoms with van der Waals surface area (Å²) in [6, 6.07) is 0. The highest BCUT2D eigenvalue weighted by Crippen LogP contribution is 2.23. The molecule has 0 spiro atoms. The van der Waals surface area contributed by atoms with E-state index in [1.54, 1.807) is 25.6 Å². The number of aryl methyl sites for hydroxylation is 1. The van der Waals surface area contributed by atoms with Crippen LogP contribution in [-0.2, 0) is 7.05 Å². The van der Waals surface area contributed by atoms with Gasteiger partial charge in [0.05, 0.1) is 36.2 Å². The molecule has 0 unspecified atom stereocenters. The van der Waals surface area contributed by atoms with E-state index >= 15 is 0 Å². The van der Waals surface area contributed by atoms with E-state index < -0.39 is 5.91 Å². The summed E-state index contributed by atoms with van der Waals surface area (Å²) in [6.45, 7) is 3.31. The number of carbonyl (C=O) groups is 2. The second kappa shape index (κ2) is 9.56. The van der Waals surface area contributed by atoms with Gasteiger partial charge < -0.3 is 25.8 Å². The first kappa shape index (κ1) is 22.1. The second-order valence-corrected chi connectivity index (χ2v) is 7.53. The summed E-state index contributed by atoms with van der Waals surface area (Å²) in [6.07, 6.45) is 7.58. The van der Waals surface area contributed by atoms with Crippen LogP contribution in [0.3, 0.4) is 0 Å². The Labute approximate surface area is 190 Å². The monoisotopic (exact) mass is 451 g/mol. The van der Waals surface area contributed by atoms with Crippen LogP contribution < -0.4 is 20.9 Å². The summed E-state index contributed by atoms with van der Waals surface area (Å²) in [5, 5.41) is 12.4. The van der Waals surface area contributed by atoms with Crippen LogP contribution in [0.1, 0.15) is 21.0 Å². The molecule has 1 fully saturated rings. The van der Waals surface area contributed by atoms with Gasteiger partial charge in [0, 0.05) is 40.3 Å². The topological polar surface area (TPSA) is 146 Å². The second-order valence-electron chi connectivity index (χ2n) is 7.53. The summed E-state index contributed by atoms with van der Waals surface area (Å²) in [5.41, 5.74) is 1.12. The van der Waals surface area contributed by atoms with Crippen LogP contribution in [0.4, 0.5) is 23.0 Å². The van der Waals surface area contributed by atoms with Crippen molar-refractivity contribution in [1.29, 1.82) is 0 Å². The quantitative estimate of drug-likeness (QED) is 0.472. The van der Waals surface area contributed by atoms with Crippen molar-refractivity contribution in [3.05, 3.63) is 42.5 Å². The summed E-state index contributed by atoms with van der Waals surface area (Å²) in [7, 11) is 5.20. The van der Waals surface area contributed by atoms with E-state index in [1.807, 2.05) is 0 Å². The molecule has 4 rings (SSSR count). The van der Waals surface area contributed by atoms with Crippen molar-refractivity contribution < 1.29 is 9.59 Å². The van der Waals surface area contributed by atoms with Crippen molar-refractivity contribution in [2.24, 2.45) is 7.05 Å². The Kier molecular flexibility index (Phi) is 6.40. The normalized spacial score (nSPS) is 14.1. The molecule has 0 bridgehead atoms. The number of rotatable bonds is 6. The van der Waals surface area contributed by atoms with E-state index in [1.165, 1.54) is 24.3 Å². The Hall–Kier alpha value is -4.13. The Morgan fingerprint density at radius 1 is 0.970 bits per heavy atom. The third-order valence-electron chi connectivity index (χ3n) is 5.25. The lowest BCUT2D eigenvalue weighted by Gasteiger charge is -2.33. The minimum atomic E-state index is -0.531. The molecular weight excluding hydrogens is 426 g/mol. The third kappa shape index (κ3) is 4.87. The van der Waals surface area contributed by atoms with Crippen LogP contribution in [0.25, 0.3) is 0 Å². The van der Waals surface area contributed by atoms with Crippen molar-refractivity contribution in [3.63, 3.8) is 0 Å². The number of hydrogen-bond donors (Lipinski definition) is 3. The molecule has 1 saturated heterocycles. The summed E-state index contributed by atoms with van der Waals surface area (Å²) in [4.78, 5) is 46.9. The van der Waals surface area contributed by atoms with Gasteiger partial charge in [-0.3, -0.25) is 14.3 Å². The molecule has 3 aromatic heterocycles. The van der Waals surface area contributed by atoms with Gasteiger partial charge in [0.25, 0.3) is 11.8 Å². The average Bonchev–Trinajstić information content (AvgIpc) is 3.19. The Morgan fingerprint density at radius 2 is 1.70 bits per heavy atom. The predicted octanol–water partition coefficient (Wildman–Crippen LogP) is 0.107. The molecular formula is C20H25N11O2. The molecule has 0 aliphatic carbocycles. The van der Waals surface area contributed by atoms with Crippen LogP contribution in [0, 0.1) is 0 Å². The maximum absolute atomic E-state index is 13.3. The smallest absolute Gasteiger partial charge is 0.278 e. The van der Waals surface area contributed by atoms with Gasteiger partial charge in [-0.25, -0.2) is 19.9 Å². The van der Waals surface area contributed by atoms with Crippen LogP contribution in [-0.4, -0.2) is 86.7 Å². The summed E-state index contributed by atoms with van der Waals surface area (Å²) in [5.74, 6) is -0.0651. The molecule has 0 radical (unpaired) electrons. The molecule has 1 aliphatic rings. The van der Waals surface area contributed by atoms with E-state index in [2.05, 4.69) is 57.8 Å². The zero-order chi connectivity index (χ0) is 23.4. The van der Waals surface area contributed by atoms with E-state index in [0.29, 0.717) is 11.5 Å². The van der Waals surface area contributed by atoms with E-state index in [9.17, 15) is 9.59 Å². The predicted molar refractivity (Wildman–Crippen MR) is 122 cm³/mol. The van der Waals surface area contributed by atoms with Gasteiger partial charge in [0.15, 0.2) is 11.5 Å². The molecule has 13 heteroatoms. The number of nitrogens with one attached hydrogen (secondary N) is 3. The van der Waals surface area contributed by atoms with Crippen molar-refractivity contribution in [2.45, 2.75) is 0 Å². The molecule has 2 amide bonds. The molecule has 13 nitrogen and oxygen atoms in total. The fraction of sp³-hybridized carbons (Fsp3) is 0.350. The maximum Gasteiger partial charge on any atom is 0.278 e. The Morgan fingerprint density at radius 3 is 2.39 bits per heavy atom. The van der Waals surface area contributed by atoms with Gasteiger partial charge in [0.2, 0.25) is 0 Å². The summed E-state index contributed by atoms with van der Waals surface area (Å²) >= 11 is 0. The number of piperazine rings is 1. The zero-order valence-electron chi connectivity index (χ0n) is 18.6. The highest BCUT2D eigenvalue weighted by atomic mass is 16.2. The maximum atomic E-state index is 13.3. The van der Waals surface area contributed by atoms with Crippen molar-refractivity contribution in [2.75, 3.05) is 55.8 Å². The number of aromatic nitrogens is 6. The SMILES string of the molecule is CNC(=O)c1c(NC(=O)c2nc(N3CCN(C)CC3)cnc2Nc2cncnc2)cnn1C. The lowest BCUT2D eigenvalue weighted by molar-refractivity contribution is 0.0954. The molecule has 3 aromatic rings. The van der Waals surface area contributed by atoms with Crippen LogP contribution in [0.5, 0.6) is 0 Å². The number of hydrogen-bond acceptors (Lipinski definition) is 10. The van der Waals surface area contributed by atoms with Gasteiger partial charge in [-0.05, 0) is 7.05 Å². The summed E-state index contributed by atoms with van der Waals surface area (Å²) < 4.78 is 1.39. The van der Waals surface area contributed by atoms with E-state index in [0.717, 1.165) is 26.2 Å². The van der Waals surface area contributed by atoms with Gasteiger partial charge in [-0.15, -0.1) is 0 Å². The molecule has 0 atom stereocenters. The molecule has 0 saturated carbocycles. The Bertz CT molecular complexity index is 1140. The average molecular weight is 451 g/mol. The first-order valence-electron chi connectivity index (χ1n) is 10.3. The van der Waals surface area contributed by atoms with Gasteiger partial charge in [0.1, 0.15) is 17.8 Å². The number of likely N-dealkylation sites (N-methyl/N-ethyl adjacent to an activating group) is 1. The third-order valence-corrected chi connectivity index (χ3v) is 5.25. The van der Waals surface area contributed by atoms with Crippen LogP contribution in [0.15, 0.2) is 31.1 Å². The molecule has 1 aliphatic heterocycles. The minimum Gasteiger partial charge on any atom is -0.354 e. The van der Waals surface area contributed by atoms with E-state index in [-0.39, 0.29) is 28.8 Å². The van der Waals surface area contributed by atoms with Crippen LogP contribution in [0.2, 0.25) is 0 Å². The first-order valence-corrected chi connectivity index (χ1v) is 10.3. The van der Waals surface area contributed by atoms with E-state index in [4.69, 9.17) is 0 Å². The van der Waals surface area contributed by atoms with Crippen molar-refractivity contribution in [1.82, 2.24) is 39.9 Å². The number of carbonyl (C=O) groups excluding carboxylic acids is 2. The van der Waals surface area contributed by atoms with Crippen molar-refractivity contribution >= 4 is 34.8 Å². The molecule has 0 aromatic carbocycles. The highest BCUT2D eigenvalue weighted by molar-refractivity contribution is 6.09. The standard InChI is InChI=1S/C20H25N11O2/c1-21-20(33)17-14(10-25-30(17)3)27-19(32)16-18(26-13-8-22-12-23-9-13)24-11-15(28-16)31-6-4-29(2)5-7-31/h8-12H,4-7H2,1-3H3,(H,21,33)(H,24,26)(H,27,32). The number of nitrogens with zero attached hydrogens (tertiary/aromatic N) is 8. The lowest BCUT2D eigenvalue weighted by atomic mass is 10.3. The fourth-order valence-electron chi connectivity index (χ4n) is 3.42. The minimum absolute atomic E-state index is 0.0713. The first-order chi connectivity index (χ1) is 16.0.